The van der Waals surface area contributed by atoms with E-state index in [1.165, 1.54) is 4.90 Å². The van der Waals surface area contributed by atoms with E-state index >= 15 is 0 Å². The molecule has 1 fully saturated rings. The molecule has 2 amide bonds. The third-order valence-electron chi connectivity index (χ3n) is 3.63. The Balaban J connectivity index is 2.07. The van der Waals surface area contributed by atoms with Crippen molar-refractivity contribution < 1.29 is 14.3 Å². The Bertz CT molecular complexity index is 610. The summed E-state index contributed by atoms with van der Waals surface area (Å²) in [6, 6.07) is 5.38. The van der Waals surface area contributed by atoms with Crippen LogP contribution in [0.1, 0.15) is 39.2 Å². The van der Waals surface area contributed by atoms with Crippen LogP contribution >= 0.6 is 22.6 Å². The number of halogens is 1. The van der Waals surface area contributed by atoms with Gasteiger partial charge < -0.3 is 10.1 Å². The molecular formula is C17H23IN2O3. The summed E-state index contributed by atoms with van der Waals surface area (Å²) in [5.74, 6) is -0.155. The fourth-order valence-electron chi connectivity index (χ4n) is 2.56. The molecule has 0 aliphatic carbocycles. The molecule has 1 N–H and O–H groups in total. The molecule has 2 rings (SSSR count). The van der Waals surface area contributed by atoms with Gasteiger partial charge >= 0.3 is 6.09 Å². The zero-order chi connectivity index (χ0) is 17.2. The van der Waals surface area contributed by atoms with Gasteiger partial charge in [0, 0.05) is 15.8 Å². The second-order valence-electron chi connectivity index (χ2n) is 6.78. The van der Waals surface area contributed by atoms with Gasteiger partial charge in [0.1, 0.15) is 11.6 Å². The molecule has 1 heterocycles. The number of benzene rings is 1. The molecule has 23 heavy (non-hydrogen) atoms. The zero-order valence-electron chi connectivity index (χ0n) is 14.0. The summed E-state index contributed by atoms with van der Waals surface area (Å²) in [6.07, 6.45) is 1.05. The first-order valence-corrected chi connectivity index (χ1v) is 8.82. The highest BCUT2D eigenvalue weighted by Gasteiger charge is 2.36. The molecule has 0 spiro atoms. The number of aryl methyl sites for hydroxylation is 1. The highest BCUT2D eigenvalue weighted by Crippen LogP contribution is 2.23. The molecule has 126 valence electrons. The van der Waals surface area contributed by atoms with Crippen molar-refractivity contribution in [3.8, 4) is 0 Å². The summed E-state index contributed by atoms with van der Waals surface area (Å²) in [4.78, 5) is 26.4. The molecule has 0 bridgehead atoms. The number of nitrogens with zero attached hydrogens (tertiary/aromatic N) is 1. The van der Waals surface area contributed by atoms with Gasteiger partial charge in [0.05, 0.1) is 0 Å². The second kappa shape index (κ2) is 7.07. The van der Waals surface area contributed by atoms with Crippen LogP contribution in [0.25, 0.3) is 0 Å². The van der Waals surface area contributed by atoms with Crippen LogP contribution < -0.4 is 5.32 Å². The highest BCUT2D eigenvalue weighted by molar-refractivity contribution is 14.1. The number of nitrogens with one attached hydrogen (secondary N) is 1. The largest absolute Gasteiger partial charge is 0.444 e. The van der Waals surface area contributed by atoms with Gasteiger partial charge in [0.15, 0.2) is 0 Å². The normalized spacial score (nSPS) is 18.0. The molecule has 0 radical (unpaired) electrons. The van der Waals surface area contributed by atoms with Crippen LogP contribution in [0.3, 0.4) is 0 Å². The maximum atomic E-state index is 12.6. The average molecular weight is 430 g/mol. The van der Waals surface area contributed by atoms with Crippen molar-refractivity contribution in [2.45, 2.75) is 52.2 Å². The first-order chi connectivity index (χ1) is 10.7. The minimum Gasteiger partial charge on any atom is -0.444 e. The number of ether oxygens (including phenoxy) is 1. The van der Waals surface area contributed by atoms with Gasteiger partial charge in [-0.2, -0.15) is 0 Å². The average Bonchev–Trinajstić information content (AvgIpc) is 2.89. The van der Waals surface area contributed by atoms with E-state index < -0.39 is 17.7 Å². The van der Waals surface area contributed by atoms with Crippen molar-refractivity contribution in [2.75, 3.05) is 11.9 Å². The first kappa shape index (κ1) is 18.0. The molecule has 1 aromatic carbocycles. The van der Waals surface area contributed by atoms with Crippen LogP contribution in [-0.2, 0) is 9.53 Å². The van der Waals surface area contributed by atoms with E-state index in [4.69, 9.17) is 4.74 Å². The molecule has 0 aromatic heterocycles. The summed E-state index contributed by atoms with van der Waals surface area (Å²) in [5, 5.41) is 2.94. The highest BCUT2D eigenvalue weighted by atomic mass is 127. The summed E-state index contributed by atoms with van der Waals surface area (Å²) >= 11 is 2.24. The third-order valence-corrected chi connectivity index (χ3v) is 4.30. The number of rotatable bonds is 2. The maximum absolute atomic E-state index is 12.6. The number of hydrogen-bond acceptors (Lipinski definition) is 3. The van der Waals surface area contributed by atoms with Crippen LogP contribution in [0.15, 0.2) is 18.2 Å². The smallest absolute Gasteiger partial charge is 0.410 e. The van der Waals surface area contributed by atoms with E-state index in [9.17, 15) is 9.59 Å². The molecule has 1 atom stereocenters. The van der Waals surface area contributed by atoms with Gasteiger partial charge in [-0.1, -0.05) is 0 Å². The number of carbonyl (C=O) groups excluding carboxylic acids is 2. The van der Waals surface area contributed by atoms with Crippen molar-refractivity contribution in [2.24, 2.45) is 0 Å². The van der Waals surface area contributed by atoms with Gasteiger partial charge in [-0.15, -0.1) is 0 Å². The minimum atomic E-state index is -0.562. The number of carbonyl (C=O) groups is 2. The predicted molar refractivity (Wildman–Crippen MR) is 98.5 cm³/mol. The Morgan fingerprint density at radius 1 is 1.35 bits per heavy atom. The van der Waals surface area contributed by atoms with E-state index in [0.717, 1.165) is 21.2 Å². The van der Waals surface area contributed by atoms with Crippen LogP contribution in [-0.4, -0.2) is 35.1 Å². The van der Waals surface area contributed by atoms with Crippen LogP contribution in [0.2, 0.25) is 0 Å². The van der Waals surface area contributed by atoms with Crippen molar-refractivity contribution in [3.63, 3.8) is 0 Å². The summed E-state index contributed by atoms with van der Waals surface area (Å²) in [6.45, 7) is 7.98. The van der Waals surface area contributed by atoms with E-state index in [1.807, 2.05) is 45.9 Å². The summed E-state index contributed by atoms with van der Waals surface area (Å²) < 4.78 is 6.52. The summed E-state index contributed by atoms with van der Waals surface area (Å²) in [7, 11) is 0. The van der Waals surface area contributed by atoms with Gasteiger partial charge in [-0.25, -0.2) is 4.79 Å². The molecule has 1 saturated heterocycles. The number of hydrogen-bond donors (Lipinski definition) is 1. The quantitative estimate of drug-likeness (QED) is 0.724. The maximum Gasteiger partial charge on any atom is 0.410 e. The van der Waals surface area contributed by atoms with Crippen molar-refractivity contribution >= 4 is 40.3 Å². The molecule has 1 aliphatic heterocycles. The molecule has 6 heteroatoms. The van der Waals surface area contributed by atoms with Crippen molar-refractivity contribution in [3.05, 3.63) is 27.3 Å². The SMILES string of the molecule is Cc1cc(I)ccc1NC(=O)[C@@H]1CCCN1C(=O)OC(C)(C)C. The molecule has 0 saturated carbocycles. The molecule has 5 nitrogen and oxygen atoms in total. The van der Waals surface area contributed by atoms with Gasteiger partial charge in [-0.05, 0) is 86.9 Å². The van der Waals surface area contributed by atoms with E-state index in [-0.39, 0.29) is 5.91 Å². The molecule has 1 aromatic rings. The number of anilines is 1. The Morgan fingerprint density at radius 3 is 2.65 bits per heavy atom. The van der Waals surface area contributed by atoms with Gasteiger partial charge in [-0.3, -0.25) is 9.69 Å². The monoisotopic (exact) mass is 430 g/mol. The molecule has 0 unspecified atom stereocenters. The number of likely N-dealkylation sites (tertiary alicyclic amines) is 1. The first-order valence-electron chi connectivity index (χ1n) is 7.74. The number of amides is 2. The van der Waals surface area contributed by atoms with Crippen LogP contribution in [0.4, 0.5) is 10.5 Å². The Labute approximate surface area is 150 Å². The Kier molecular flexibility index (Phi) is 5.54. The van der Waals surface area contributed by atoms with Crippen molar-refractivity contribution in [1.29, 1.82) is 0 Å². The van der Waals surface area contributed by atoms with Crippen LogP contribution in [0, 0.1) is 10.5 Å². The molecule has 1 aliphatic rings. The van der Waals surface area contributed by atoms with E-state index in [1.54, 1.807) is 0 Å². The van der Waals surface area contributed by atoms with Gasteiger partial charge in [0.25, 0.3) is 0 Å². The van der Waals surface area contributed by atoms with Gasteiger partial charge in [0.2, 0.25) is 5.91 Å². The third kappa shape index (κ3) is 4.83. The van der Waals surface area contributed by atoms with Crippen molar-refractivity contribution in [1.82, 2.24) is 4.90 Å². The fourth-order valence-corrected chi connectivity index (χ4v) is 3.21. The fraction of sp³-hybridized carbons (Fsp3) is 0.529. The predicted octanol–water partition coefficient (Wildman–Crippen LogP) is 3.94. The lowest BCUT2D eigenvalue weighted by atomic mass is 10.1. The standard InChI is InChI=1S/C17H23IN2O3/c1-11-10-12(18)7-8-13(11)19-15(21)14-6-5-9-20(14)16(22)23-17(2,3)4/h7-8,10,14H,5-6,9H2,1-4H3,(H,19,21)/t14-/m0/s1. The minimum absolute atomic E-state index is 0.155. The lowest BCUT2D eigenvalue weighted by Crippen LogP contribution is -2.45. The Hall–Kier alpha value is -1.31. The van der Waals surface area contributed by atoms with E-state index in [2.05, 4.69) is 27.9 Å². The zero-order valence-corrected chi connectivity index (χ0v) is 16.1. The second-order valence-corrected chi connectivity index (χ2v) is 8.03. The van der Waals surface area contributed by atoms with E-state index in [0.29, 0.717) is 13.0 Å². The summed E-state index contributed by atoms with van der Waals surface area (Å²) in [5.41, 5.74) is 1.23. The molecular weight excluding hydrogens is 407 g/mol. The lowest BCUT2D eigenvalue weighted by molar-refractivity contribution is -0.120. The lowest BCUT2D eigenvalue weighted by Gasteiger charge is -2.28. The Morgan fingerprint density at radius 2 is 2.04 bits per heavy atom. The van der Waals surface area contributed by atoms with Crippen LogP contribution in [0.5, 0.6) is 0 Å². The topological polar surface area (TPSA) is 58.6 Å².